The van der Waals surface area contributed by atoms with Gasteiger partial charge in [0, 0.05) is 32.6 Å². The van der Waals surface area contributed by atoms with Crippen molar-refractivity contribution in [3.05, 3.63) is 48.0 Å². The van der Waals surface area contributed by atoms with Crippen molar-refractivity contribution in [2.24, 2.45) is 38.8 Å². The highest BCUT2D eigenvalue weighted by Crippen LogP contribution is 2.27. The maximum absolute atomic E-state index is 14.7. The van der Waals surface area contributed by atoms with Gasteiger partial charge in [0.05, 0.1) is 6.10 Å². The lowest BCUT2D eigenvalue weighted by Crippen LogP contribution is -2.62. The van der Waals surface area contributed by atoms with Gasteiger partial charge in [-0.1, -0.05) is 62.7 Å². The number of carbonyl (C=O) groups excluding carboxylic acids is 6. The molecule has 19 nitrogen and oxygen atoms in total. The number of nitrogens with zero attached hydrogens (tertiary/aromatic N) is 4. The molecule has 0 radical (unpaired) electrons. The maximum Gasteiger partial charge on any atom is 0.246 e. The molecular formula is C41H60N12O7. The molecule has 0 spiro atoms. The van der Waals surface area contributed by atoms with E-state index in [-0.39, 0.29) is 76.6 Å². The summed E-state index contributed by atoms with van der Waals surface area (Å²) in [5, 5.41) is 24.2. The number of hydrogen-bond acceptors (Lipinski definition) is 9. The van der Waals surface area contributed by atoms with E-state index < -0.39 is 83.7 Å². The molecule has 13 N–H and O–H groups in total. The Bertz CT molecular complexity index is 1950. The van der Waals surface area contributed by atoms with Gasteiger partial charge >= 0.3 is 0 Å². The Kier molecular flexibility index (Phi) is 15.7. The number of nitrogens with two attached hydrogens (primary N) is 4. The van der Waals surface area contributed by atoms with Crippen molar-refractivity contribution < 1.29 is 33.9 Å². The molecule has 60 heavy (non-hydrogen) atoms. The zero-order chi connectivity index (χ0) is 43.5. The Balaban J connectivity index is 1.57. The van der Waals surface area contributed by atoms with E-state index in [9.17, 15) is 33.9 Å². The van der Waals surface area contributed by atoms with Crippen LogP contribution >= 0.6 is 0 Å². The normalized spacial score (nSPS) is 26.1. The van der Waals surface area contributed by atoms with Crippen molar-refractivity contribution in [1.29, 1.82) is 0 Å². The third-order valence-electron chi connectivity index (χ3n) is 11.6. The number of benzene rings is 2. The van der Waals surface area contributed by atoms with Gasteiger partial charge in [-0.2, -0.15) is 0 Å². The zero-order valence-corrected chi connectivity index (χ0v) is 34.3. The number of fused-ring (bicyclic) bond motifs is 3. The fourth-order valence-corrected chi connectivity index (χ4v) is 8.11. The molecule has 0 aromatic heterocycles. The van der Waals surface area contributed by atoms with Crippen molar-refractivity contribution in [3.8, 4) is 0 Å². The second kappa shape index (κ2) is 20.8. The Morgan fingerprint density at radius 2 is 1.33 bits per heavy atom. The van der Waals surface area contributed by atoms with E-state index in [0.29, 0.717) is 19.3 Å². The third-order valence-corrected chi connectivity index (χ3v) is 11.6. The lowest BCUT2D eigenvalue weighted by atomic mass is 9.96. The molecule has 3 fully saturated rings. The van der Waals surface area contributed by atoms with Crippen LogP contribution in [-0.4, -0.2) is 131 Å². The molecule has 0 saturated carbocycles. The number of hydrogen-bond donors (Lipinski definition) is 9. The number of carbonyl (C=O) groups is 6. The molecule has 5 rings (SSSR count). The molecule has 2 aromatic carbocycles. The Labute approximate surface area is 349 Å². The van der Waals surface area contributed by atoms with Crippen LogP contribution in [0.1, 0.15) is 70.8 Å². The minimum Gasteiger partial charge on any atom is -0.390 e. The van der Waals surface area contributed by atoms with Crippen molar-refractivity contribution >= 4 is 58.1 Å². The second-order valence-electron chi connectivity index (χ2n) is 15.9. The summed E-state index contributed by atoms with van der Waals surface area (Å²) in [5.41, 5.74) is 22.9. The Morgan fingerprint density at radius 3 is 1.95 bits per heavy atom. The van der Waals surface area contributed by atoms with E-state index in [4.69, 9.17) is 22.9 Å². The van der Waals surface area contributed by atoms with Crippen LogP contribution in [0.4, 0.5) is 0 Å². The molecule has 19 heteroatoms. The highest BCUT2D eigenvalue weighted by Gasteiger charge is 2.48. The average molecular weight is 833 g/mol. The summed E-state index contributed by atoms with van der Waals surface area (Å²) in [5.74, 6) is -4.55. The summed E-state index contributed by atoms with van der Waals surface area (Å²) in [6, 6.07) is 6.33. The lowest BCUT2D eigenvalue weighted by molar-refractivity contribution is -0.149. The minimum atomic E-state index is -1.33. The van der Waals surface area contributed by atoms with E-state index in [1.165, 1.54) is 9.80 Å². The first-order chi connectivity index (χ1) is 28.7. The van der Waals surface area contributed by atoms with Crippen LogP contribution in [0, 0.1) is 5.92 Å². The zero-order valence-electron chi connectivity index (χ0n) is 34.3. The number of rotatable bonds is 12. The molecule has 2 aromatic rings. The van der Waals surface area contributed by atoms with Gasteiger partial charge in [-0.05, 0) is 67.2 Å². The van der Waals surface area contributed by atoms with Gasteiger partial charge in [-0.3, -0.25) is 38.8 Å². The largest absolute Gasteiger partial charge is 0.390 e. The quantitative estimate of drug-likeness (QED) is 0.0670. The summed E-state index contributed by atoms with van der Waals surface area (Å²) in [6.07, 6.45) is 0.762. The van der Waals surface area contributed by atoms with Crippen LogP contribution in [0.3, 0.4) is 0 Å². The first-order valence-electron chi connectivity index (χ1n) is 20.8. The smallest absolute Gasteiger partial charge is 0.246 e. The standard InChI is InChI=1S/C41H60N12O7/c1-3-23(2)32-36(57)49-28(12-7-18-47-41(44)45)34(55)48-27(11-6-17-46-40(42)43)35(56)50-29(22-24-14-15-25-9-4-5-10-26(25)21-24)38(59)52-19-8-13-30(52)39(60)53-20-16-31(54)33(53)37(58)51-32/h4-5,9-10,14-15,21,23,27-33,54H,3,6-8,11-13,16-20,22H2,1-2H3,(H,48,55)(H,49,57)(H,50,56)(H,51,58)(H4,42,43,46)(H4,44,45,47)/t23-,27-,28+,29-,30+,31+,32-,33-/m0/s1. The molecule has 326 valence electrons. The predicted molar refractivity (Wildman–Crippen MR) is 226 cm³/mol. The number of amides is 6. The molecule has 3 heterocycles. The van der Waals surface area contributed by atoms with E-state index in [1.54, 1.807) is 6.92 Å². The van der Waals surface area contributed by atoms with Crippen LogP contribution in [0.2, 0.25) is 0 Å². The van der Waals surface area contributed by atoms with Crippen molar-refractivity contribution in [1.82, 2.24) is 31.1 Å². The van der Waals surface area contributed by atoms with E-state index in [2.05, 4.69) is 31.3 Å². The van der Waals surface area contributed by atoms with Crippen LogP contribution in [0.5, 0.6) is 0 Å². The summed E-state index contributed by atoms with van der Waals surface area (Å²) >= 11 is 0. The van der Waals surface area contributed by atoms with Gasteiger partial charge in [0.25, 0.3) is 0 Å². The Hall–Kier alpha value is -5.98. The van der Waals surface area contributed by atoms with Gasteiger partial charge in [0.15, 0.2) is 11.9 Å². The number of guanidine groups is 2. The SMILES string of the molecule is CC[C@H](C)[C@@H]1NC(=O)[C@@H]2[C@H](O)CCN2C(=O)[C@H]2CCCN2C(=O)[C@H](Cc2ccc3ccccc3c2)NC(=O)[C@H](CCCN=C(N)N)NC(=O)[C@@H](CCCN=C(N)N)NC1=O. The lowest BCUT2D eigenvalue weighted by Gasteiger charge is -2.35. The average Bonchev–Trinajstić information content (AvgIpc) is 3.87. The van der Waals surface area contributed by atoms with Crippen LogP contribution in [0.25, 0.3) is 10.8 Å². The fourth-order valence-electron chi connectivity index (χ4n) is 8.11. The molecule has 3 saturated heterocycles. The molecule has 0 bridgehead atoms. The van der Waals surface area contributed by atoms with Gasteiger partial charge in [0.1, 0.15) is 36.3 Å². The van der Waals surface area contributed by atoms with Crippen molar-refractivity contribution in [2.75, 3.05) is 26.2 Å². The minimum absolute atomic E-state index is 0.0426. The molecule has 0 unspecified atom stereocenters. The molecule has 0 aliphatic carbocycles. The van der Waals surface area contributed by atoms with Gasteiger partial charge in [0.2, 0.25) is 35.4 Å². The van der Waals surface area contributed by atoms with Crippen LogP contribution < -0.4 is 44.2 Å². The fraction of sp³-hybridized carbons (Fsp3) is 0.561. The van der Waals surface area contributed by atoms with E-state index in [1.807, 2.05) is 49.4 Å². The second-order valence-corrected chi connectivity index (χ2v) is 15.9. The molecule has 8 atom stereocenters. The molecule has 3 aliphatic heterocycles. The first kappa shape index (κ1) is 45.1. The van der Waals surface area contributed by atoms with Gasteiger partial charge in [-0.15, -0.1) is 0 Å². The van der Waals surface area contributed by atoms with E-state index >= 15 is 0 Å². The Morgan fingerprint density at radius 1 is 0.733 bits per heavy atom. The number of nitrogens with one attached hydrogen (secondary N) is 4. The van der Waals surface area contributed by atoms with Gasteiger partial charge in [-0.25, -0.2) is 0 Å². The topological polar surface area (TPSA) is 306 Å². The number of aliphatic hydroxyl groups excluding tert-OH is 1. The monoisotopic (exact) mass is 832 g/mol. The first-order valence-corrected chi connectivity index (χ1v) is 20.8. The summed E-state index contributed by atoms with van der Waals surface area (Å²) in [7, 11) is 0. The van der Waals surface area contributed by atoms with Gasteiger partial charge < -0.3 is 59.1 Å². The molecular weight excluding hydrogens is 773 g/mol. The van der Waals surface area contributed by atoms with Crippen LogP contribution in [0.15, 0.2) is 52.4 Å². The maximum atomic E-state index is 14.7. The predicted octanol–water partition coefficient (Wildman–Crippen LogP) is -1.56. The summed E-state index contributed by atoms with van der Waals surface area (Å²) in [6.45, 7) is 4.12. The highest BCUT2D eigenvalue weighted by molar-refractivity contribution is 5.99. The summed E-state index contributed by atoms with van der Waals surface area (Å²) < 4.78 is 0. The summed E-state index contributed by atoms with van der Waals surface area (Å²) in [4.78, 5) is 96.7. The highest BCUT2D eigenvalue weighted by atomic mass is 16.3. The van der Waals surface area contributed by atoms with Crippen molar-refractivity contribution in [2.45, 2.75) is 114 Å². The molecule has 3 aliphatic rings. The van der Waals surface area contributed by atoms with Crippen molar-refractivity contribution in [3.63, 3.8) is 0 Å². The van der Waals surface area contributed by atoms with Crippen LogP contribution in [-0.2, 0) is 35.2 Å². The van der Waals surface area contributed by atoms with E-state index in [0.717, 1.165) is 16.3 Å². The third kappa shape index (κ3) is 11.4. The molecule has 6 amide bonds. The number of aliphatic imine (C=N–C) groups is 2. The number of aliphatic hydroxyl groups is 1.